The van der Waals surface area contributed by atoms with E-state index < -0.39 is 0 Å². The van der Waals surface area contributed by atoms with Gasteiger partial charge >= 0.3 is 0 Å². The van der Waals surface area contributed by atoms with Crippen LogP contribution in [0.5, 0.6) is 0 Å². The van der Waals surface area contributed by atoms with E-state index in [1.807, 2.05) is 6.92 Å². The molecule has 0 spiro atoms. The van der Waals surface area contributed by atoms with Gasteiger partial charge in [-0.1, -0.05) is 42.0 Å². The standard InChI is InChI=1S/C18H17N3/c1-13-7-9-15(10-8-13)12-21-17-6-4-3-5-16(17)20-11-14(2)19-18(20)21/h3-11H,12H2,1-2H3. The Morgan fingerprint density at radius 2 is 1.62 bits per heavy atom. The smallest absolute Gasteiger partial charge is 0.215 e. The number of hydrogen-bond donors (Lipinski definition) is 0. The van der Waals surface area contributed by atoms with Crippen LogP contribution in [0.15, 0.2) is 54.7 Å². The first-order valence-electron chi connectivity index (χ1n) is 7.21. The molecule has 3 nitrogen and oxygen atoms in total. The fraction of sp³-hybridized carbons (Fsp3) is 0.167. The van der Waals surface area contributed by atoms with Crippen LogP contribution in [-0.4, -0.2) is 14.0 Å². The Labute approximate surface area is 123 Å². The number of benzene rings is 2. The number of aryl methyl sites for hydroxylation is 2. The predicted molar refractivity (Wildman–Crippen MR) is 85.7 cm³/mol. The first-order valence-corrected chi connectivity index (χ1v) is 7.21. The molecule has 21 heavy (non-hydrogen) atoms. The van der Waals surface area contributed by atoms with Gasteiger partial charge in [-0.2, -0.15) is 0 Å². The van der Waals surface area contributed by atoms with Crippen molar-refractivity contribution < 1.29 is 0 Å². The van der Waals surface area contributed by atoms with Crippen molar-refractivity contribution in [3.8, 4) is 0 Å². The largest absolute Gasteiger partial charge is 0.305 e. The van der Waals surface area contributed by atoms with Crippen LogP contribution in [0.3, 0.4) is 0 Å². The summed E-state index contributed by atoms with van der Waals surface area (Å²) in [6.07, 6.45) is 2.10. The molecule has 0 bridgehead atoms. The summed E-state index contributed by atoms with van der Waals surface area (Å²) in [5, 5.41) is 0. The van der Waals surface area contributed by atoms with Crippen molar-refractivity contribution in [2.75, 3.05) is 0 Å². The molecule has 0 unspecified atom stereocenters. The van der Waals surface area contributed by atoms with Crippen LogP contribution in [-0.2, 0) is 6.54 Å². The van der Waals surface area contributed by atoms with Crippen molar-refractivity contribution >= 4 is 16.8 Å². The van der Waals surface area contributed by atoms with Crippen LogP contribution >= 0.6 is 0 Å². The lowest BCUT2D eigenvalue weighted by Crippen LogP contribution is -2.00. The van der Waals surface area contributed by atoms with Crippen LogP contribution in [0.2, 0.25) is 0 Å². The first-order chi connectivity index (χ1) is 10.2. The number of imidazole rings is 2. The van der Waals surface area contributed by atoms with Gasteiger partial charge in [-0.15, -0.1) is 0 Å². The molecule has 0 aliphatic carbocycles. The summed E-state index contributed by atoms with van der Waals surface area (Å²) in [7, 11) is 0. The van der Waals surface area contributed by atoms with E-state index >= 15 is 0 Å². The molecule has 0 amide bonds. The molecule has 0 fully saturated rings. The van der Waals surface area contributed by atoms with Gasteiger partial charge in [-0.25, -0.2) is 4.98 Å². The third-order valence-corrected chi connectivity index (χ3v) is 3.94. The molecule has 0 aliphatic rings. The monoisotopic (exact) mass is 275 g/mol. The summed E-state index contributed by atoms with van der Waals surface area (Å²) < 4.78 is 4.46. The highest BCUT2D eigenvalue weighted by Crippen LogP contribution is 2.22. The molecule has 0 saturated carbocycles. The van der Waals surface area contributed by atoms with Gasteiger partial charge in [0.1, 0.15) is 0 Å². The zero-order chi connectivity index (χ0) is 14.4. The van der Waals surface area contributed by atoms with E-state index in [0.717, 1.165) is 18.0 Å². The lowest BCUT2D eigenvalue weighted by molar-refractivity contribution is 0.844. The van der Waals surface area contributed by atoms with E-state index in [4.69, 9.17) is 0 Å². The van der Waals surface area contributed by atoms with Gasteiger partial charge in [0.2, 0.25) is 5.78 Å². The van der Waals surface area contributed by atoms with Gasteiger partial charge in [0, 0.05) is 6.20 Å². The number of rotatable bonds is 2. The molecule has 0 aliphatic heterocycles. The summed E-state index contributed by atoms with van der Waals surface area (Å²) in [4.78, 5) is 4.69. The van der Waals surface area contributed by atoms with E-state index in [1.54, 1.807) is 0 Å². The minimum Gasteiger partial charge on any atom is -0.305 e. The Hall–Kier alpha value is -2.55. The Morgan fingerprint density at radius 3 is 2.38 bits per heavy atom. The van der Waals surface area contributed by atoms with Crippen molar-refractivity contribution in [2.45, 2.75) is 20.4 Å². The Kier molecular flexibility index (Phi) is 2.61. The maximum atomic E-state index is 4.69. The van der Waals surface area contributed by atoms with Gasteiger partial charge in [-0.05, 0) is 31.5 Å². The highest BCUT2D eigenvalue weighted by molar-refractivity contribution is 5.81. The number of fused-ring (bicyclic) bond motifs is 3. The SMILES string of the molecule is Cc1ccc(Cn2c3ccccc3n3cc(C)nc23)cc1. The topological polar surface area (TPSA) is 22.2 Å². The van der Waals surface area contributed by atoms with Crippen LogP contribution < -0.4 is 0 Å². The maximum absolute atomic E-state index is 4.69. The molecule has 0 radical (unpaired) electrons. The Morgan fingerprint density at radius 1 is 0.905 bits per heavy atom. The van der Waals surface area contributed by atoms with E-state index in [2.05, 4.69) is 75.6 Å². The van der Waals surface area contributed by atoms with Crippen LogP contribution in [0.4, 0.5) is 0 Å². The van der Waals surface area contributed by atoms with E-state index in [-0.39, 0.29) is 0 Å². The molecule has 2 aromatic heterocycles. The van der Waals surface area contributed by atoms with Crippen LogP contribution in [0.1, 0.15) is 16.8 Å². The third-order valence-electron chi connectivity index (χ3n) is 3.94. The molecule has 0 atom stereocenters. The van der Waals surface area contributed by atoms with Crippen molar-refractivity contribution in [2.24, 2.45) is 0 Å². The van der Waals surface area contributed by atoms with E-state index in [1.165, 1.54) is 22.2 Å². The van der Waals surface area contributed by atoms with Gasteiger partial charge in [0.05, 0.1) is 23.3 Å². The molecule has 0 N–H and O–H groups in total. The summed E-state index contributed by atoms with van der Waals surface area (Å²) in [6.45, 7) is 5.00. The first kappa shape index (κ1) is 12.2. The fourth-order valence-corrected chi connectivity index (χ4v) is 2.89. The van der Waals surface area contributed by atoms with Gasteiger partial charge < -0.3 is 4.57 Å². The minimum absolute atomic E-state index is 0.841. The zero-order valence-corrected chi connectivity index (χ0v) is 12.2. The minimum atomic E-state index is 0.841. The Bertz CT molecular complexity index is 926. The highest BCUT2D eigenvalue weighted by Gasteiger charge is 2.12. The molecule has 4 aromatic rings. The molecule has 4 rings (SSSR count). The van der Waals surface area contributed by atoms with Gasteiger partial charge in [0.15, 0.2) is 0 Å². The summed E-state index contributed by atoms with van der Waals surface area (Å²) in [6, 6.07) is 17.2. The maximum Gasteiger partial charge on any atom is 0.215 e. The van der Waals surface area contributed by atoms with Crippen LogP contribution in [0, 0.1) is 13.8 Å². The summed E-state index contributed by atoms with van der Waals surface area (Å²) >= 11 is 0. The number of para-hydroxylation sites is 2. The van der Waals surface area contributed by atoms with Crippen molar-refractivity contribution in [3.63, 3.8) is 0 Å². The van der Waals surface area contributed by atoms with Crippen molar-refractivity contribution in [3.05, 3.63) is 71.5 Å². The zero-order valence-electron chi connectivity index (χ0n) is 12.2. The van der Waals surface area contributed by atoms with Crippen molar-refractivity contribution in [1.82, 2.24) is 14.0 Å². The predicted octanol–water partition coefficient (Wildman–Crippen LogP) is 3.95. The summed E-state index contributed by atoms with van der Waals surface area (Å²) in [5.41, 5.74) is 6.07. The molecule has 3 heteroatoms. The molecule has 2 aromatic carbocycles. The fourth-order valence-electron chi connectivity index (χ4n) is 2.89. The normalized spacial score (nSPS) is 11.5. The number of nitrogens with zero attached hydrogens (tertiary/aromatic N) is 3. The number of hydrogen-bond acceptors (Lipinski definition) is 1. The lowest BCUT2D eigenvalue weighted by Gasteiger charge is -2.06. The summed E-state index contributed by atoms with van der Waals surface area (Å²) in [5.74, 6) is 1.01. The molecular weight excluding hydrogens is 258 g/mol. The molecule has 2 heterocycles. The molecular formula is C18H17N3. The van der Waals surface area contributed by atoms with Crippen LogP contribution in [0.25, 0.3) is 16.8 Å². The second kappa shape index (κ2) is 4.48. The lowest BCUT2D eigenvalue weighted by atomic mass is 10.1. The van der Waals surface area contributed by atoms with Gasteiger partial charge in [0.25, 0.3) is 0 Å². The third kappa shape index (κ3) is 1.93. The van der Waals surface area contributed by atoms with E-state index in [0.29, 0.717) is 0 Å². The van der Waals surface area contributed by atoms with Gasteiger partial charge in [-0.3, -0.25) is 4.40 Å². The molecule has 104 valence electrons. The average Bonchev–Trinajstić information content (AvgIpc) is 2.99. The molecule has 0 saturated heterocycles. The van der Waals surface area contributed by atoms with Crippen molar-refractivity contribution in [1.29, 1.82) is 0 Å². The average molecular weight is 275 g/mol. The second-order valence-corrected chi connectivity index (χ2v) is 5.61. The van der Waals surface area contributed by atoms with E-state index in [9.17, 15) is 0 Å². The second-order valence-electron chi connectivity index (χ2n) is 5.61. The highest BCUT2D eigenvalue weighted by atomic mass is 15.2. The quantitative estimate of drug-likeness (QED) is 0.543. The Balaban J connectivity index is 1.94. The number of aromatic nitrogens is 3.